The molecule has 1 aromatic heterocycles. The van der Waals surface area contributed by atoms with Crippen molar-refractivity contribution in [1.29, 1.82) is 0 Å². The van der Waals surface area contributed by atoms with E-state index in [0.717, 1.165) is 42.2 Å². The molecular formula is C18H19N3O5S. The van der Waals surface area contributed by atoms with Crippen LogP contribution in [0.5, 0.6) is 0 Å². The Kier molecular flexibility index (Phi) is 5.41. The minimum Gasteiger partial charge on any atom is -0.462 e. The fraction of sp³-hybridized carbons (Fsp3) is 0.333. The maximum Gasteiger partial charge on any atom is 0.341 e. The number of hydrogen-bond acceptors (Lipinski definition) is 7. The molecule has 27 heavy (non-hydrogen) atoms. The average Bonchev–Trinajstić information content (AvgIpc) is 2.99. The molecule has 0 fully saturated rings. The van der Waals surface area contributed by atoms with Crippen molar-refractivity contribution < 1.29 is 19.2 Å². The first-order valence-corrected chi connectivity index (χ1v) is 9.41. The first kappa shape index (κ1) is 18.8. The van der Waals surface area contributed by atoms with Gasteiger partial charge in [0, 0.05) is 16.5 Å². The van der Waals surface area contributed by atoms with Gasteiger partial charge in [-0.3, -0.25) is 14.9 Å². The number of carbonyl (C=O) groups excluding carboxylic acids is 2. The smallest absolute Gasteiger partial charge is 0.341 e. The minimum absolute atomic E-state index is 0.0182. The number of carbonyl (C=O) groups is 2. The van der Waals surface area contributed by atoms with E-state index in [-0.39, 0.29) is 23.5 Å². The van der Waals surface area contributed by atoms with Crippen molar-refractivity contribution in [2.45, 2.75) is 32.6 Å². The third-order valence-corrected chi connectivity index (χ3v) is 5.57. The lowest BCUT2D eigenvalue weighted by atomic mass is 9.95. The Morgan fingerprint density at radius 3 is 2.78 bits per heavy atom. The summed E-state index contributed by atoms with van der Waals surface area (Å²) in [4.78, 5) is 36.5. The summed E-state index contributed by atoms with van der Waals surface area (Å²) in [5.74, 6) is -1.00. The number of rotatable bonds is 5. The second-order valence-corrected chi connectivity index (χ2v) is 7.23. The molecule has 0 bridgehead atoms. The average molecular weight is 389 g/mol. The van der Waals surface area contributed by atoms with Gasteiger partial charge in [-0.25, -0.2) is 4.79 Å². The van der Waals surface area contributed by atoms with Crippen LogP contribution < -0.4 is 11.1 Å². The van der Waals surface area contributed by atoms with E-state index in [1.54, 1.807) is 6.92 Å². The van der Waals surface area contributed by atoms with E-state index >= 15 is 0 Å². The Morgan fingerprint density at radius 1 is 1.33 bits per heavy atom. The van der Waals surface area contributed by atoms with Crippen LogP contribution in [0.1, 0.15) is 50.9 Å². The molecule has 0 saturated heterocycles. The molecule has 142 valence electrons. The molecule has 0 spiro atoms. The third-order valence-electron chi connectivity index (χ3n) is 4.37. The molecule has 8 nitrogen and oxygen atoms in total. The van der Waals surface area contributed by atoms with Crippen LogP contribution in [0, 0.1) is 10.1 Å². The highest BCUT2D eigenvalue weighted by Gasteiger charge is 2.27. The molecule has 1 aliphatic rings. The zero-order chi connectivity index (χ0) is 19.6. The molecular weight excluding hydrogens is 370 g/mol. The van der Waals surface area contributed by atoms with Crippen LogP contribution in [0.4, 0.5) is 16.4 Å². The van der Waals surface area contributed by atoms with Gasteiger partial charge in [-0.15, -0.1) is 11.3 Å². The van der Waals surface area contributed by atoms with Gasteiger partial charge in [0.25, 0.3) is 11.6 Å². The fourth-order valence-corrected chi connectivity index (χ4v) is 4.36. The number of fused-ring (bicyclic) bond motifs is 1. The third kappa shape index (κ3) is 3.77. The largest absolute Gasteiger partial charge is 0.462 e. The second kappa shape index (κ2) is 7.75. The fourth-order valence-electron chi connectivity index (χ4n) is 3.09. The van der Waals surface area contributed by atoms with Gasteiger partial charge in [0.05, 0.1) is 17.1 Å². The van der Waals surface area contributed by atoms with Crippen molar-refractivity contribution in [3.8, 4) is 0 Å². The standard InChI is InChI=1S/C18H19N3O5S/c1-2-26-18(23)15-11-5-3-4-6-14(11)27-17(15)20-16(22)10-7-8-12(19)13(9-10)21(24)25/h7-9H,2-6,19H2,1H3,(H,20,22). The molecule has 3 rings (SSSR count). The molecule has 2 aromatic rings. The zero-order valence-electron chi connectivity index (χ0n) is 14.7. The Morgan fingerprint density at radius 2 is 2.07 bits per heavy atom. The summed E-state index contributed by atoms with van der Waals surface area (Å²) in [5, 5.41) is 14.2. The van der Waals surface area contributed by atoms with Gasteiger partial charge in [-0.1, -0.05) is 0 Å². The van der Waals surface area contributed by atoms with Crippen molar-refractivity contribution in [2.24, 2.45) is 0 Å². The second-order valence-electron chi connectivity index (χ2n) is 6.12. The van der Waals surface area contributed by atoms with Crippen LogP contribution in [-0.2, 0) is 17.6 Å². The number of nitrogens with two attached hydrogens (primary N) is 1. The number of nitrogens with one attached hydrogen (secondary N) is 1. The summed E-state index contributed by atoms with van der Waals surface area (Å²) in [7, 11) is 0. The van der Waals surface area contributed by atoms with Crippen LogP contribution in [0.2, 0.25) is 0 Å². The topological polar surface area (TPSA) is 125 Å². The summed E-state index contributed by atoms with van der Waals surface area (Å²) in [6.45, 7) is 1.96. The number of anilines is 2. The predicted molar refractivity (Wildman–Crippen MR) is 102 cm³/mol. The summed E-state index contributed by atoms with van der Waals surface area (Å²) in [5.41, 5.74) is 6.65. The van der Waals surface area contributed by atoms with Crippen LogP contribution >= 0.6 is 11.3 Å². The zero-order valence-corrected chi connectivity index (χ0v) is 15.6. The van der Waals surface area contributed by atoms with E-state index in [2.05, 4.69) is 5.32 Å². The van der Waals surface area contributed by atoms with Gasteiger partial charge in [0.2, 0.25) is 0 Å². The van der Waals surface area contributed by atoms with Gasteiger partial charge < -0.3 is 15.8 Å². The lowest BCUT2D eigenvalue weighted by molar-refractivity contribution is -0.383. The number of amides is 1. The monoisotopic (exact) mass is 389 g/mol. The normalized spacial score (nSPS) is 12.9. The highest BCUT2D eigenvalue weighted by Crippen LogP contribution is 2.39. The molecule has 0 aliphatic heterocycles. The number of nitrogens with zero attached hydrogens (tertiary/aromatic N) is 1. The minimum atomic E-state index is -0.639. The number of thiophene rings is 1. The number of ether oxygens (including phenoxy) is 1. The van der Waals surface area contributed by atoms with E-state index in [9.17, 15) is 19.7 Å². The summed E-state index contributed by atoms with van der Waals surface area (Å²) in [6.07, 6.45) is 3.64. The number of nitro groups is 1. The molecule has 1 amide bonds. The van der Waals surface area contributed by atoms with Crippen molar-refractivity contribution in [3.05, 3.63) is 49.9 Å². The first-order chi connectivity index (χ1) is 12.9. The predicted octanol–water partition coefficient (Wildman–Crippen LogP) is 3.55. The highest BCUT2D eigenvalue weighted by atomic mass is 32.1. The Balaban J connectivity index is 1.94. The molecule has 0 unspecified atom stereocenters. The number of nitrogen functional groups attached to an aromatic ring is 1. The summed E-state index contributed by atoms with van der Waals surface area (Å²) in [6, 6.07) is 3.86. The maximum absolute atomic E-state index is 12.6. The van der Waals surface area contributed by atoms with Crippen molar-refractivity contribution in [1.82, 2.24) is 0 Å². The lowest BCUT2D eigenvalue weighted by Gasteiger charge is -2.12. The molecule has 9 heteroatoms. The van der Waals surface area contributed by atoms with E-state index in [1.807, 2.05) is 0 Å². The van der Waals surface area contributed by atoms with Crippen LogP contribution in [0.25, 0.3) is 0 Å². The number of esters is 1. The van der Waals surface area contributed by atoms with Gasteiger partial charge in [-0.2, -0.15) is 0 Å². The Bertz CT molecular complexity index is 922. The van der Waals surface area contributed by atoms with Crippen LogP contribution in [0.15, 0.2) is 18.2 Å². The van der Waals surface area contributed by atoms with Crippen molar-refractivity contribution in [2.75, 3.05) is 17.7 Å². The maximum atomic E-state index is 12.6. The van der Waals surface area contributed by atoms with Gasteiger partial charge in [0.15, 0.2) is 0 Å². The molecule has 1 aromatic carbocycles. The number of hydrogen-bond donors (Lipinski definition) is 2. The highest BCUT2D eigenvalue weighted by molar-refractivity contribution is 7.17. The van der Waals surface area contributed by atoms with Crippen molar-refractivity contribution in [3.63, 3.8) is 0 Å². The molecule has 1 aliphatic carbocycles. The van der Waals surface area contributed by atoms with Crippen molar-refractivity contribution >= 4 is 39.6 Å². The quantitative estimate of drug-likeness (QED) is 0.349. The first-order valence-electron chi connectivity index (χ1n) is 8.59. The number of nitro benzene ring substituents is 1. The van der Waals surface area contributed by atoms with Crippen LogP contribution in [-0.4, -0.2) is 23.4 Å². The summed E-state index contributed by atoms with van der Waals surface area (Å²) >= 11 is 1.36. The molecule has 3 N–H and O–H groups in total. The lowest BCUT2D eigenvalue weighted by Crippen LogP contribution is -2.16. The summed E-state index contributed by atoms with van der Waals surface area (Å²) < 4.78 is 5.16. The van der Waals surface area contributed by atoms with Crippen LogP contribution in [0.3, 0.4) is 0 Å². The SMILES string of the molecule is CCOC(=O)c1c(NC(=O)c2ccc(N)c([N+](=O)[O-])c2)sc2c1CCCC2. The molecule has 0 radical (unpaired) electrons. The van der Waals surface area contributed by atoms with E-state index in [4.69, 9.17) is 10.5 Å². The Hall–Kier alpha value is -2.94. The molecule has 0 atom stereocenters. The molecule has 0 saturated carbocycles. The van der Waals surface area contributed by atoms with E-state index in [1.165, 1.54) is 23.5 Å². The number of benzene rings is 1. The van der Waals surface area contributed by atoms with Gasteiger partial charge in [0.1, 0.15) is 10.7 Å². The van der Waals surface area contributed by atoms with E-state index in [0.29, 0.717) is 10.6 Å². The Labute approximate surface area is 159 Å². The van der Waals surface area contributed by atoms with Gasteiger partial charge in [-0.05, 0) is 50.3 Å². The molecule has 1 heterocycles. The van der Waals surface area contributed by atoms with E-state index < -0.39 is 16.8 Å². The van der Waals surface area contributed by atoms with Gasteiger partial charge >= 0.3 is 5.97 Å². The number of aryl methyl sites for hydroxylation is 1.